The summed E-state index contributed by atoms with van der Waals surface area (Å²) >= 11 is 0. The van der Waals surface area contributed by atoms with Gasteiger partial charge in [0, 0.05) is 25.9 Å². The number of nitrogens with one attached hydrogen (secondary N) is 2. The third-order valence-corrected chi connectivity index (χ3v) is 3.60. The zero-order valence-corrected chi connectivity index (χ0v) is 11.6. The van der Waals surface area contributed by atoms with Crippen LogP contribution in [0.25, 0.3) is 0 Å². The van der Waals surface area contributed by atoms with Crippen LogP contribution in [0.5, 0.6) is 0 Å². The number of benzene rings is 1. The van der Waals surface area contributed by atoms with Gasteiger partial charge in [-0.2, -0.15) is 0 Å². The summed E-state index contributed by atoms with van der Waals surface area (Å²) in [5, 5.41) is 5.55. The van der Waals surface area contributed by atoms with E-state index in [2.05, 4.69) is 17.6 Å². The van der Waals surface area contributed by atoms with Crippen LogP contribution in [0.4, 0.5) is 8.78 Å². The highest BCUT2D eigenvalue weighted by Gasteiger charge is 2.38. The van der Waals surface area contributed by atoms with Crippen molar-refractivity contribution in [2.24, 2.45) is 0 Å². The van der Waals surface area contributed by atoms with Gasteiger partial charge in [0.1, 0.15) is 0 Å². The summed E-state index contributed by atoms with van der Waals surface area (Å²) in [7, 11) is 0. The van der Waals surface area contributed by atoms with E-state index in [0.717, 1.165) is 12.0 Å². The van der Waals surface area contributed by atoms with E-state index in [1.807, 2.05) is 24.3 Å². The van der Waals surface area contributed by atoms with Gasteiger partial charge in [-0.3, -0.25) is 4.79 Å². The highest BCUT2D eigenvalue weighted by atomic mass is 19.3. The van der Waals surface area contributed by atoms with Crippen LogP contribution in [0.1, 0.15) is 30.9 Å². The first-order chi connectivity index (χ1) is 9.50. The standard InChI is InChI=1S/C15H20F2N2O/c1-2-11-3-5-12(6-4-11)10-19-14(20)13-9-15(16,17)7-8-18-13/h3-6,13,18H,2,7-10H2,1H3,(H,19,20). The van der Waals surface area contributed by atoms with Crippen LogP contribution in [-0.2, 0) is 17.8 Å². The molecular formula is C15H20F2N2O. The second-order valence-corrected chi connectivity index (χ2v) is 5.20. The molecule has 2 rings (SSSR count). The number of carbonyl (C=O) groups excluding carboxylic acids is 1. The molecule has 1 aliphatic rings. The molecule has 0 spiro atoms. The molecule has 0 radical (unpaired) electrons. The van der Waals surface area contributed by atoms with Crippen molar-refractivity contribution in [1.29, 1.82) is 0 Å². The second-order valence-electron chi connectivity index (χ2n) is 5.20. The monoisotopic (exact) mass is 282 g/mol. The maximum absolute atomic E-state index is 13.2. The summed E-state index contributed by atoms with van der Waals surface area (Å²) in [6.07, 6.45) is 0.344. The Morgan fingerprint density at radius 1 is 1.35 bits per heavy atom. The lowest BCUT2D eigenvalue weighted by molar-refractivity contribution is -0.128. The Hall–Kier alpha value is -1.49. The SMILES string of the molecule is CCc1ccc(CNC(=O)C2CC(F)(F)CCN2)cc1. The lowest BCUT2D eigenvalue weighted by Gasteiger charge is -2.29. The molecule has 110 valence electrons. The molecule has 1 unspecified atom stereocenters. The van der Waals surface area contributed by atoms with E-state index < -0.39 is 18.4 Å². The highest BCUT2D eigenvalue weighted by molar-refractivity contribution is 5.81. The van der Waals surface area contributed by atoms with Crippen molar-refractivity contribution < 1.29 is 13.6 Å². The van der Waals surface area contributed by atoms with Crippen molar-refractivity contribution in [3.05, 3.63) is 35.4 Å². The topological polar surface area (TPSA) is 41.1 Å². The van der Waals surface area contributed by atoms with Gasteiger partial charge >= 0.3 is 0 Å². The molecule has 0 saturated carbocycles. The van der Waals surface area contributed by atoms with Crippen LogP contribution in [0.15, 0.2) is 24.3 Å². The third-order valence-electron chi connectivity index (χ3n) is 3.60. The first-order valence-electron chi connectivity index (χ1n) is 6.97. The first kappa shape index (κ1) is 14.9. The Balaban J connectivity index is 1.85. The second kappa shape index (κ2) is 6.31. The normalized spacial score (nSPS) is 21.4. The van der Waals surface area contributed by atoms with Gasteiger partial charge in [0.25, 0.3) is 5.92 Å². The van der Waals surface area contributed by atoms with Gasteiger partial charge in [-0.05, 0) is 17.5 Å². The fourth-order valence-electron chi connectivity index (χ4n) is 2.29. The number of aryl methyl sites for hydroxylation is 1. The summed E-state index contributed by atoms with van der Waals surface area (Å²) in [5.41, 5.74) is 2.20. The van der Waals surface area contributed by atoms with Crippen molar-refractivity contribution in [2.45, 2.75) is 44.7 Å². The number of carbonyl (C=O) groups is 1. The van der Waals surface area contributed by atoms with E-state index >= 15 is 0 Å². The van der Waals surface area contributed by atoms with E-state index in [-0.39, 0.29) is 18.9 Å². The van der Waals surface area contributed by atoms with E-state index in [1.54, 1.807) is 0 Å². The molecule has 1 atom stereocenters. The van der Waals surface area contributed by atoms with Gasteiger partial charge in [0.15, 0.2) is 0 Å². The number of piperidine rings is 1. The van der Waals surface area contributed by atoms with Crippen LogP contribution in [0.2, 0.25) is 0 Å². The fraction of sp³-hybridized carbons (Fsp3) is 0.533. The lowest BCUT2D eigenvalue weighted by atomic mass is 10.0. The Morgan fingerprint density at radius 2 is 2.00 bits per heavy atom. The van der Waals surface area contributed by atoms with Gasteiger partial charge in [0.05, 0.1) is 6.04 Å². The minimum absolute atomic E-state index is 0.177. The number of halogens is 2. The molecule has 0 aliphatic carbocycles. The first-order valence-corrected chi connectivity index (χ1v) is 6.97. The zero-order chi connectivity index (χ0) is 14.6. The molecule has 1 heterocycles. The van der Waals surface area contributed by atoms with Crippen LogP contribution >= 0.6 is 0 Å². The zero-order valence-electron chi connectivity index (χ0n) is 11.6. The van der Waals surface area contributed by atoms with Crippen molar-refractivity contribution in [2.75, 3.05) is 6.54 Å². The molecule has 1 amide bonds. The minimum atomic E-state index is -2.74. The predicted molar refractivity (Wildman–Crippen MR) is 73.6 cm³/mol. The van der Waals surface area contributed by atoms with Crippen molar-refractivity contribution in [1.82, 2.24) is 10.6 Å². The molecular weight excluding hydrogens is 262 g/mol. The summed E-state index contributed by atoms with van der Waals surface area (Å²) in [4.78, 5) is 11.9. The van der Waals surface area contributed by atoms with E-state index in [1.165, 1.54) is 5.56 Å². The number of hydrogen-bond acceptors (Lipinski definition) is 2. The number of rotatable bonds is 4. The Kier molecular flexibility index (Phi) is 4.70. The van der Waals surface area contributed by atoms with E-state index in [4.69, 9.17) is 0 Å². The van der Waals surface area contributed by atoms with Crippen LogP contribution in [-0.4, -0.2) is 24.4 Å². The molecule has 1 fully saturated rings. The molecule has 1 aromatic rings. The molecule has 1 aliphatic heterocycles. The van der Waals surface area contributed by atoms with Gasteiger partial charge in [-0.15, -0.1) is 0 Å². The summed E-state index contributed by atoms with van der Waals surface area (Å²) in [6.45, 7) is 2.62. The van der Waals surface area contributed by atoms with Crippen molar-refractivity contribution >= 4 is 5.91 Å². The molecule has 20 heavy (non-hydrogen) atoms. The van der Waals surface area contributed by atoms with Gasteiger partial charge in [0.2, 0.25) is 5.91 Å². The summed E-state index contributed by atoms with van der Waals surface area (Å²) in [5.74, 6) is -3.10. The Morgan fingerprint density at radius 3 is 2.60 bits per heavy atom. The largest absolute Gasteiger partial charge is 0.351 e. The molecule has 2 N–H and O–H groups in total. The van der Waals surface area contributed by atoms with Crippen LogP contribution in [0, 0.1) is 0 Å². The van der Waals surface area contributed by atoms with Gasteiger partial charge in [-0.1, -0.05) is 31.2 Å². The smallest absolute Gasteiger partial charge is 0.251 e. The summed E-state index contributed by atoms with van der Waals surface area (Å²) in [6, 6.07) is 7.11. The van der Waals surface area contributed by atoms with E-state index in [0.29, 0.717) is 6.54 Å². The van der Waals surface area contributed by atoms with Crippen molar-refractivity contribution in [3.63, 3.8) is 0 Å². The quantitative estimate of drug-likeness (QED) is 0.889. The predicted octanol–water partition coefficient (Wildman–Crippen LogP) is 2.25. The maximum Gasteiger partial charge on any atom is 0.251 e. The fourth-order valence-corrected chi connectivity index (χ4v) is 2.29. The van der Waals surface area contributed by atoms with Crippen LogP contribution in [0.3, 0.4) is 0 Å². The maximum atomic E-state index is 13.2. The lowest BCUT2D eigenvalue weighted by Crippen LogP contribution is -2.51. The average Bonchev–Trinajstić information content (AvgIpc) is 2.44. The highest BCUT2D eigenvalue weighted by Crippen LogP contribution is 2.27. The number of alkyl halides is 2. The Bertz CT molecular complexity index is 459. The molecule has 1 saturated heterocycles. The van der Waals surface area contributed by atoms with Gasteiger partial charge in [-0.25, -0.2) is 8.78 Å². The molecule has 5 heteroatoms. The van der Waals surface area contributed by atoms with Gasteiger partial charge < -0.3 is 10.6 Å². The van der Waals surface area contributed by atoms with Crippen molar-refractivity contribution in [3.8, 4) is 0 Å². The molecule has 1 aromatic carbocycles. The average molecular weight is 282 g/mol. The van der Waals surface area contributed by atoms with E-state index in [9.17, 15) is 13.6 Å². The molecule has 3 nitrogen and oxygen atoms in total. The minimum Gasteiger partial charge on any atom is -0.351 e. The number of hydrogen-bond donors (Lipinski definition) is 2. The molecule has 0 bridgehead atoms. The van der Waals surface area contributed by atoms with Crippen LogP contribution < -0.4 is 10.6 Å². The molecule has 0 aromatic heterocycles. The summed E-state index contributed by atoms with van der Waals surface area (Å²) < 4.78 is 26.5. The third kappa shape index (κ3) is 4.00. The Labute approximate surface area is 117 Å². The number of amides is 1.